The molecule has 1 N–H and O–H groups in total. The Labute approximate surface area is 107 Å². The number of hydrogen-bond donors (Lipinski definition) is 1. The van der Waals surface area contributed by atoms with Crippen molar-refractivity contribution >= 4 is 0 Å². The van der Waals surface area contributed by atoms with Gasteiger partial charge >= 0.3 is 0 Å². The smallest absolute Gasteiger partial charge is 0.109 e. The summed E-state index contributed by atoms with van der Waals surface area (Å²) in [5, 5.41) is 10.8. The van der Waals surface area contributed by atoms with E-state index in [2.05, 4.69) is 12.1 Å². The summed E-state index contributed by atoms with van der Waals surface area (Å²) in [6, 6.07) is 12.3. The van der Waals surface area contributed by atoms with E-state index in [1.165, 1.54) is 5.56 Å². The topological polar surface area (TPSA) is 33.4 Å². The van der Waals surface area contributed by atoms with E-state index in [1.807, 2.05) is 24.3 Å². The van der Waals surface area contributed by atoms with Crippen molar-refractivity contribution in [2.45, 2.75) is 37.7 Å². The predicted octanol–water partition coefficient (Wildman–Crippen LogP) is 3.44. The molecular weight excluding hydrogens is 224 g/mol. The third-order valence-corrected chi connectivity index (χ3v) is 3.91. The minimum atomic E-state index is -0.698. The van der Waals surface area contributed by atoms with Crippen LogP contribution in [0.15, 0.2) is 47.1 Å². The second-order valence-corrected chi connectivity index (χ2v) is 5.13. The molecule has 0 bridgehead atoms. The van der Waals surface area contributed by atoms with Crippen molar-refractivity contribution in [2.24, 2.45) is 0 Å². The fraction of sp³-hybridized carbons (Fsp3) is 0.375. The lowest BCUT2D eigenvalue weighted by Gasteiger charge is -2.31. The highest BCUT2D eigenvalue weighted by Gasteiger charge is 2.35. The number of benzene rings is 1. The molecule has 1 unspecified atom stereocenters. The fourth-order valence-corrected chi connectivity index (χ4v) is 2.88. The van der Waals surface area contributed by atoms with Gasteiger partial charge in [-0.1, -0.05) is 30.3 Å². The zero-order valence-corrected chi connectivity index (χ0v) is 10.4. The molecule has 1 aliphatic carbocycles. The third-order valence-electron chi connectivity index (χ3n) is 3.91. The van der Waals surface area contributed by atoms with E-state index in [1.54, 1.807) is 6.26 Å². The number of rotatable bonds is 3. The van der Waals surface area contributed by atoms with Gasteiger partial charge in [-0.15, -0.1) is 0 Å². The van der Waals surface area contributed by atoms with Crippen LogP contribution in [0.5, 0.6) is 0 Å². The molecule has 1 aromatic carbocycles. The van der Waals surface area contributed by atoms with E-state index in [0.717, 1.165) is 43.4 Å². The molecule has 2 nitrogen and oxygen atoms in total. The molecule has 1 aliphatic rings. The lowest BCUT2D eigenvalue weighted by molar-refractivity contribution is 0.00825. The molecule has 2 heteroatoms. The Bertz CT molecular complexity index is 515. The fourth-order valence-electron chi connectivity index (χ4n) is 2.88. The first-order chi connectivity index (χ1) is 8.78. The van der Waals surface area contributed by atoms with Gasteiger partial charge in [0.05, 0.1) is 11.9 Å². The summed E-state index contributed by atoms with van der Waals surface area (Å²) in [7, 11) is 0. The van der Waals surface area contributed by atoms with Gasteiger partial charge in [0.1, 0.15) is 5.76 Å². The molecule has 0 saturated carbocycles. The van der Waals surface area contributed by atoms with Crippen molar-refractivity contribution in [2.75, 3.05) is 0 Å². The molecule has 3 rings (SSSR count). The summed E-state index contributed by atoms with van der Waals surface area (Å²) in [5.41, 5.74) is 1.59. The molecule has 0 fully saturated rings. The van der Waals surface area contributed by atoms with Gasteiger partial charge in [0.25, 0.3) is 0 Å². The van der Waals surface area contributed by atoms with E-state index in [0.29, 0.717) is 0 Å². The molecule has 1 atom stereocenters. The molecule has 94 valence electrons. The predicted molar refractivity (Wildman–Crippen MR) is 70.3 cm³/mol. The zero-order chi connectivity index (χ0) is 12.4. The quantitative estimate of drug-likeness (QED) is 0.894. The van der Waals surface area contributed by atoms with Gasteiger partial charge in [-0.05, 0) is 37.3 Å². The van der Waals surface area contributed by atoms with E-state index in [4.69, 9.17) is 4.42 Å². The number of fused-ring (bicyclic) bond motifs is 1. The monoisotopic (exact) mass is 242 g/mol. The van der Waals surface area contributed by atoms with Crippen LogP contribution in [0.25, 0.3) is 0 Å². The molecule has 0 amide bonds. The third kappa shape index (κ3) is 2.08. The van der Waals surface area contributed by atoms with Crippen molar-refractivity contribution in [3.05, 3.63) is 59.5 Å². The van der Waals surface area contributed by atoms with Crippen LogP contribution in [-0.2, 0) is 18.4 Å². The average molecular weight is 242 g/mol. The molecule has 0 spiro atoms. The van der Waals surface area contributed by atoms with E-state index in [-0.39, 0.29) is 0 Å². The summed E-state index contributed by atoms with van der Waals surface area (Å²) >= 11 is 0. The normalized spacial score (nSPS) is 22.7. The Hall–Kier alpha value is -1.54. The molecule has 1 aromatic heterocycles. The van der Waals surface area contributed by atoms with Gasteiger partial charge in [-0.2, -0.15) is 0 Å². The molecule has 2 aromatic rings. The van der Waals surface area contributed by atoms with Gasteiger partial charge in [0.2, 0.25) is 0 Å². The first-order valence-electron chi connectivity index (χ1n) is 6.61. The number of furan rings is 1. The van der Waals surface area contributed by atoms with E-state index >= 15 is 0 Å². The first kappa shape index (κ1) is 11.5. The van der Waals surface area contributed by atoms with Gasteiger partial charge in [-0.3, -0.25) is 0 Å². The largest absolute Gasteiger partial charge is 0.469 e. The maximum Gasteiger partial charge on any atom is 0.109 e. The Balaban J connectivity index is 1.77. The summed E-state index contributed by atoms with van der Waals surface area (Å²) in [6.07, 6.45) is 6.17. The lowest BCUT2D eigenvalue weighted by Crippen LogP contribution is -2.30. The number of aliphatic hydroxyl groups is 1. The summed E-state index contributed by atoms with van der Waals surface area (Å²) < 4.78 is 5.44. The van der Waals surface area contributed by atoms with Crippen LogP contribution in [0.2, 0.25) is 0 Å². The highest BCUT2D eigenvalue weighted by molar-refractivity contribution is 5.28. The Morgan fingerprint density at radius 1 is 1.17 bits per heavy atom. The van der Waals surface area contributed by atoms with Crippen molar-refractivity contribution in [3.8, 4) is 0 Å². The van der Waals surface area contributed by atoms with Crippen LogP contribution < -0.4 is 0 Å². The highest BCUT2D eigenvalue weighted by Crippen LogP contribution is 2.39. The van der Waals surface area contributed by atoms with Crippen LogP contribution >= 0.6 is 0 Å². The average Bonchev–Trinajstić information content (AvgIpc) is 2.88. The number of hydrogen-bond acceptors (Lipinski definition) is 2. The summed E-state index contributed by atoms with van der Waals surface area (Å²) in [4.78, 5) is 0. The Kier molecular flexibility index (Phi) is 2.96. The second kappa shape index (κ2) is 4.62. The van der Waals surface area contributed by atoms with Gasteiger partial charge in [0, 0.05) is 12.0 Å². The molecule has 0 aliphatic heterocycles. The van der Waals surface area contributed by atoms with Crippen molar-refractivity contribution in [1.29, 1.82) is 0 Å². The maximum absolute atomic E-state index is 10.8. The van der Waals surface area contributed by atoms with E-state index < -0.39 is 5.60 Å². The summed E-state index contributed by atoms with van der Waals surface area (Å²) in [5.74, 6) is 0.969. The zero-order valence-electron chi connectivity index (χ0n) is 10.4. The molecule has 0 saturated heterocycles. The molecule has 0 radical (unpaired) electrons. The standard InChI is InChI=1S/C16H18O2/c17-16(11-8-13-5-2-1-3-6-13)10-4-7-15-14(16)9-12-18-15/h1-3,5-6,9,12,17H,4,7-8,10-11H2. The minimum Gasteiger partial charge on any atom is -0.469 e. The van der Waals surface area contributed by atoms with Gasteiger partial charge in [0.15, 0.2) is 0 Å². The first-order valence-corrected chi connectivity index (χ1v) is 6.61. The Morgan fingerprint density at radius 3 is 2.83 bits per heavy atom. The highest BCUT2D eigenvalue weighted by atomic mass is 16.3. The summed E-state index contributed by atoms with van der Waals surface area (Å²) in [6.45, 7) is 0. The SMILES string of the molecule is OC1(CCc2ccccc2)CCCc2occc21. The lowest BCUT2D eigenvalue weighted by atomic mass is 9.79. The van der Waals surface area contributed by atoms with Gasteiger partial charge in [-0.25, -0.2) is 0 Å². The van der Waals surface area contributed by atoms with E-state index in [9.17, 15) is 5.11 Å². The van der Waals surface area contributed by atoms with Crippen LogP contribution in [0.3, 0.4) is 0 Å². The minimum absolute atomic E-state index is 0.698. The van der Waals surface area contributed by atoms with Crippen LogP contribution in [0, 0.1) is 0 Å². The molecular formula is C16H18O2. The Morgan fingerprint density at radius 2 is 2.00 bits per heavy atom. The second-order valence-electron chi connectivity index (χ2n) is 5.13. The van der Waals surface area contributed by atoms with Crippen LogP contribution in [0.1, 0.15) is 36.1 Å². The van der Waals surface area contributed by atoms with Crippen molar-refractivity contribution in [1.82, 2.24) is 0 Å². The molecule has 18 heavy (non-hydrogen) atoms. The molecule has 1 heterocycles. The van der Waals surface area contributed by atoms with Crippen molar-refractivity contribution < 1.29 is 9.52 Å². The maximum atomic E-state index is 10.8. The van der Waals surface area contributed by atoms with Crippen LogP contribution in [-0.4, -0.2) is 5.11 Å². The van der Waals surface area contributed by atoms with Gasteiger partial charge < -0.3 is 9.52 Å². The van der Waals surface area contributed by atoms with Crippen LogP contribution in [0.4, 0.5) is 0 Å². The number of aryl methyl sites for hydroxylation is 2. The van der Waals surface area contributed by atoms with Crippen molar-refractivity contribution in [3.63, 3.8) is 0 Å².